The van der Waals surface area contributed by atoms with Crippen LogP contribution in [0, 0.1) is 0 Å². The molecule has 5 nitrogen and oxygen atoms in total. The molecule has 1 heterocycles. The third kappa shape index (κ3) is 4.51. The zero-order valence-electron chi connectivity index (χ0n) is 15.1. The van der Waals surface area contributed by atoms with Crippen molar-refractivity contribution in [3.63, 3.8) is 0 Å². The van der Waals surface area contributed by atoms with Gasteiger partial charge in [0.05, 0.1) is 0 Å². The third-order valence-electron chi connectivity index (χ3n) is 4.60. The van der Waals surface area contributed by atoms with Gasteiger partial charge in [0.2, 0.25) is 0 Å². The standard InChI is InChI=1S/C22H23NO4/c24-18(14-25-19-10-9-16-5-1-2-6-17(16)11-19)12-23-13-20-15-26-21-7-3-4-8-22(21)27-20/h1-11,18,20,23-24H,12-15H2/p+1/t18-,20-/m0/s1. The number of ether oxygens (including phenoxy) is 3. The van der Waals surface area contributed by atoms with Crippen molar-refractivity contribution >= 4 is 10.8 Å². The number of quaternary nitrogens is 1. The molecular weight excluding hydrogens is 342 g/mol. The summed E-state index contributed by atoms with van der Waals surface area (Å²) < 4.78 is 17.4. The van der Waals surface area contributed by atoms with E-state index in [1.54, 1.807) is 0 Å². The summed E-state index contributed by atoms with van der Waals surface area (Å²) >= 11 is 0. The molecule has 0 amide bonds. The van der Waals surface area contributed by atoms with Crippen LogP contribution in [0.1, 0.15) is 0 Å². The van der Waals surface area contributed by atoms with E-state index in [1.807, 2.05) is 59.9 Å². The highest BCUT2D eigenvalue weighted by atomic mass is 16.6. The lowest BCUT2D eigenvalue weighted by molar-refractivity contribution is -0.666. The summed E-state index contributed by atoms with van der Waals surface area (Å²) in [6, 6.07) is 21.8. The van der Waals surface area contributed by atoms with Crippen LogP contribution in [0.3, 0.4) is 0 Å². The number of hydrogen-bond donors (Lipinski definition) is 2. The van der Waals surface area contributed by atoms with Gasteiger partial charge in [-0.3, -0.25) is 0 Å². The monoisotopic (exact) mass is 366 g/mol. The largest absolute Gasteiger partial charge is 0.491 e. The molecule has 0 saturated carbocycles. The van der Waals surface area contributed by atoms with E-state index in [9.17, 15) is 5.11 Å². The van der Waals surface area contributed by atoms with Crippen LogP contribution in [-0.2, 0) is 0 Å². The highest BCUT2D eigenvalue weighted by Crippen LogP contribution is 2.30. The highest BCUT2D eigenvalue weighted by Gasteiger charge is 2.22. The van der Waals surface area contributed by atoms with E-state index < -0.39 is 6.10 Å². The number of nitrogens with two attached hydrogens (primary N) is 1. The number of hydrogen-bond acceptors (Lipinski definition) is 4. The second-order valence-corrected chi connectivity index (χ2v) is 6.73. The average molecular weight is 366 g/mol. The minimum absolute atomic E-state index is 0.0199. The summed E-state index contributed by atoms with van der Waals surface area (Å²) in [6.45, 7) is 2.06. The van der Waals surface area contributed by atoms with Gasteiger partial charge in [0.1, 0.15) is 38.2 Å². The molecule has 27 heavy (non-hydrogen) atoms. The van der Waals surface area contributed by atoms with Crippen molar-refractivity contribution in [2.75, 3.05) is 26.3 Å². The maximum atomic E-state index is 10.2. The quantitative estimate of drug-likeness (QED) is 0.671. The van der Waals surface area contributed by atoms with Crippen molar-refractivity contribution in [2.24, 2.45) is 0 Å². The molecule has 0 unspecified atom stereocenters. The van der Waals surface area contributed by atoms with Crippen LogP contribution in [-0.4, -0.2) is 43.6 Å². The van der Waals surface area contributed by atoms with Crippen LogP contribution >= 0.6 is 0 Å². The van der Waals surface area contributed by atoms with E-state index in [2.05, 4.69) is 12.1 Å². The van der Waals surface area contributed by atoms with Gasteiger partial charge in [0.25, 0.3) is 0 Å². The first kappa shape index (κ1) is 17.6. The fourth-order valence-corrected chi connectivity index (χ4v) is 3.17. The second kappa shape index (κ2) is 8.29. The minimum atomic E-state index is -0.548. The SMILES string of the molecule is O[C@@H](C[NH2+]C[C@H]1COc2ccccc2O1)COc1ccc2ccccc2c1. The molecule has 0 spiro atoms. The molecule has 3 aromatic rings. The van der Waals surface area contributed by atoms with E-state index in [4.69, 9.17) is 14.2 Å². The summed E-state index contributed by atoms with van der Waals surface area (Å²) in [7, 11) is 0. The smallest absolute Gasteiger partial charge is 0.181 e. The van der Waals surface area contributed by atoms with Crippen molar-refractivity contribution in [1.82, 2.24) is 0 Å². The van der Waals surface area contributed by atoms with E-state index in [0.29, 0.717) is 13.2 Å². The predicted molar refractivity (Wildman–Crippen MR) is 103 cm³/mol. The fourth-order valence-electron chi connectivity index (χ4n) is 3.17. The van der Waals surface area contributed by atoms with Gasteiger partial charge in [-0.05, 0) is 35.0 Å². The van der Waals surface area contributed by atoms with Gasteiger partial charge < -0.3 is 24.6 Å². The second-order valence-electron chi connectivity index (χ2n) is 6.73. The number of rotatable bonds is 7. The molecule has 4 rings (SSSR count). The lowest BCUT2D eigenvalue weighted by Crippen LogP contribution is -2.89. The van der Waals surface area contributed by atoms with Gasteiger partial charge in [-0.2, -0.15) is 0 Å². The number of aliphatic hydroxyl groups is 1. The molecule has 3 N–H and O–H groups in total. The van der Waals surface area contributed by atoms with Crippen molar-refractivity contribution in [1.29, 1.82) is 0 Å². The Morgan fingerprint density at radius 3 is 2.67 bits per heavy atom. The lowest BCUT2D eigenvalue weighted by atomic mass is 10.1. The first-order chi connectivity index (χ1) is 13.3. The molecular formula is C22H24NO4+. The highest BCUT2D eigenvalue weighted by molar-refractivity contribution is 5.83. The van der Waals surface area contributed by atoms with Gasteiger partial charge in [0, 0.05) is 0 Å². The number of aliphatic hydroxyl groups excluding tert-OH is 1. The van der Waals surface area contributed by atoms with Crippen LogP contribution in [0.2, 0.25) is 0 Å². The summed E-state index contributed by atoms with van der Waals surface area (Å²) in [6.07, 6.45) is -0.568. The molecule has 0 aliphatic carbocycles. The molecule has 1 aliphatic rings. The molecule has 0 fully saturated rings. The van der Waals surface area contributed by atoms with Crippen molar-refractivity contribution in [3.05, 3.63) is 66.7 Å². The number of fused-ring (bicyclic) bond motifs is 2. The molecule has 0 aromatic heterocycles. The molecule has 5 heteroatoms. The maximum absolute atomic E-state index is 10.2. The Kier molecular flexibility index (Phi) is 5.42. The average Bonchev–Trinajstić information content (AvgIpc) is 2.72. The van der Waals surface area contributed by atoms with Crippen LogP contribution in [0.5, 0.6) is 17.2 Å². The lowest BCUT2D eigenvalue weighted by Gasteiger charge is -2.25. The first-order valence-electron chi connectivity index (χ1n) is 9.28. The van der Waals surface area contributed by atoms with Gasteiger partial charge >= 0.3 is 0 Å². The maximum Gasteiger partial charge on any atom is 0.181 e. The summed E-state index contributed by atoms with van der Waals surface area (Å²) in [5, 5.41) is 14.5. The van der Waals surface area contributed by atoms with Crippen LogP contribution in [0.15, 0.2) is 66.7 Å². The Morgan fingerprint density at radius 2 is 1.78 bits per heavy atom. The third-order valence-corrected chi connectivity index (χ3v) is 4.60. The number of benzene rings is 3. The normalized spacial score (nSPS) is 16.9. The van der Waals surface area contributed by atoms with Crippen LogP contribution in [0.25, 0.3) is 10.8 Å². The fraction of sp³-hybridized carbons (Fsp3) is 0.273. The first-order valence-corrected chi connectivity index (χ1v) is 9.28. The Morgan fingerprint density at radius 1 is 1.00 bits per heavy atom. The van der Waals surface area contributed by atoms with Crippen LogP contribution < -0.4 is 19.5 Å². The van der Waals surface area contributed by atoms with E-state index in [0.717, 1.165) is 29.2 Å². The summed E-state index contributed by atoms with van der Waals surface area (Å²) in [4.78, 5) is 0. The van der Waals surface area contributed by atoms with Gasteiger partial charge in [-0.15, -0.1) is 0 Å². The molecule has 3 aromatic carbocycles. The Labute approximate surface area is 158 Å². The van der Waals surface area contributed by atoms with E-state index in [1.165, 1.54) is 5.39 Å². The zero-order chi connectivity index (χ0) is 18.5. The Bertz CT molecular complexity index is 898. The van der Waals surface area contributed by atoms with Crippen molar-refractivity contribution < 1.29 is 24.6 Å². The van der Waals surface area contributed by atoms with Gasteiger partial charge in [0.15, 0.2) is 17.6 Å². The Hall–Kier alpha value is -2.76. The van der Waals surface area contributed by atoms with Crippen molar-refractivity contribution in [2.45, 2.75) is 12.2 Å². The predicted octanol–water partition coefficient (Wildman–Crippen LogP) is 1.98. The van der Waals surface area contributed by atoms with Gasteiger partial charge in [-0.1, -0.05) is 42.5 Å². The summed E-state index contributed by atoms with van der Waals surface area (Å²) in [5.41, 5.74) is 0. The number of para-hydroxylation sites is 2. The molecule has 0 radical (unpaired) electrons. The molecule has 1 aliphatic heterocycles. The van der Waals surface area contributed by atoms with Gasteiger partial charge in [-0.25, -0.2) is 0 Å². The Balaban J connectivity index is 1.20. The molecule has 0 saturated heterocycles. The minimum Gasteiger partial charge on any atom is -0.491 e. The molecule has 2 atom stereocenters. The summed E-state index contributed by atoms with van der Waals surface area (Å²) in [5.74, 6) is 2.34. The molecule has 140 valence electrons. The van der Waals surface area contributed by atoms with E-state index in [-0.39, 0.29) is 12.7 Å². The van der Waals surface area contributed by atoms with E-state index >= 15 is 0 Å². The topological polar surface area (TPSA) is 64.5 Å². The molecule has 0 bridgehead atoms. The zero-order valence-corrected chi connectivity index (χ0v) is 15.1. The van der Waals surface area contributed by atoms with Crippen LogP contribution in [0.4, 0.5) is 0 Å². The van der Waals surface area contributed by atoms with Crippen molar-refractivity contribution in [3.8, 4) is 17.2 Å².